The molecule has 0 radical (unpaired) electrons. The summed E-state index contributed by atoms with van der Waals surface area (Å²) in [7, 11) is -3.65. The van der Waals surface area contributed by atoms with Crippen LogP contribution in [0.15, 0.2) is 42.5 Å². The summed E-state index contributed by atoms with van der Waals surface area (Å²) >= 11 is 0. The molecule has 124 valence electrons. The molecule has 4 N–H and O–H groups in total. The zero-order valence-corrected chi connectivity index (χ0v) is 13.9. The van der Waals surface area contributed by atoms with E-state index in [0.717, 1.165) is 16.3 Å². The summed E-state index contributed by atoms with van der Waals surface area (Å²) < 4.78 is 12.0. The summed E-state index contributed by atoms with van der Waals surface area (Å²) in [4.78, 5) is 21.3. The van der Waals surface area contributed by atoms with Crippen LogP contribution in [0.2, 0.25) is 0 Å². The molecule has 0 heterocycles. The van der Waals surface area contributed by atoms with Gasteiger partial charge in [0.15, 0.2) is 0 Å². The highest BCUT2D eigenvalue weighted by Crippen LogP contribution is 2.46. The van der Waals surface area contributed by atoms with Gasteiger partial charge in [0.05, 0.1) is 11.7 Å². The monoisotopic (exact) mass is 335 g/mol. The molecule has 2 rings (SSSR count). The molecule has 0 bridgehead atoms. The van der Waals surface area contributed by atoms with E-state index in [0.29, 0.717) is 12.8 Å². The predicted octanol–water partition coefficient (Wildman–Crippen LogP) is 3.05. The van der Waals surface area contributed by atoms with Crippen molar-refractivity contribution in [3.05, 3.63) is 48.0 Å². The van der Waals surface area contributed by atoms with E-state index in [1.165, 1.54) is 6.92 Å². The Morgan fingerprint density at radius 1 is 1.22 bits per heavy atom. The normalized spacial score (nSPS) is 16.7. The molecule has 0 fully saturated rings. The van der Waals surface area contributed by atoms with E-state index in [1.807, 2.05) is 42.5 Å². The summed E-state index contributed by atoms with van der Waals surface area (Å²) in [5, 5.41) is 11.5. The van der Waals surface area contributed by atoms with Gasteiger partial charge in [-0.2, -0.15) is 0 Å². The van der Waals surface area contributed by atoms with Gasteiger partial charge in [-0.15, -0.1) is 0 Å². The van der Waals surface area contributed by atoms with Crippen molar-refractivity contribution >= 4 is 24.1 Å². The molecule has 0 aliphatic carbocycles. The van der Waals surface area contributed by atoms with E-state index < -0.39 is 25.0 Å². The molecule has 0 aromatic heterocycles. The van der Waals surface area contributed by atoms with Crippen molar-refractivity contribution in [1.82, 2.24) is 0 Å². The number of carbonyl (C=O) groups is 1. The minimum Gasteiger partial charge on any atom is -0.481 e. The lowest BCUT2D eigenvalue weighted by Gasteiger charge is -2.20. The van der Waals surface area contributed by atoms with Crippen LogP contribution in [-0.4, -0.2) is 27.9 Å². The Kier molecular flexibility index (Phi) is 5.58. The first-order valence-corrected chi connectivity index (χ1v) is 9.49. The van der Waals surface area contributed by atoms with Gasteiger partial charge in [-0.25, -0.2) is 0 Å². The summed E-state index contributed by atoms with van der Waals surface area (Å²) in [5.74, 6) is -2.85. The van der Waals surface area contributed by atoms with Crippen molar-refractivity contribution < 1.29 is 19.4 Å². The number of benzene rings is 2. The standard InChI is InChI=1S/C17H22NO4P/c1-12(18)23(21,22)11-15(17(19)20)10-9-14-7-4-6-13-5-2-3-8-16(13)14/h2-8,12,15H,9-11,18H2,1H3,(H,19,20)(H,21,22). The van der Waals surface area contributed by atoms with Gasteiger partial charge in [-0.1, -0.05) is 42.5 Å². The number of aryl methyl sites for hydroxylation is 1. The third-order valence-electron chi connectivity index (χ3n) is 4.11. The zero-order valence-electron chi connectivity index (χ0n) is 13.1. The van der Waals surface area contributed by atoms with E-state index in [1.54, 1.807) is 0 Å². The lowest BCUT2D eigenvalue weighted by Crippen LogP contribution is -2.25. The van der Waals surface area contributed by atoms with Crippen LogP contribution in [0.25, 0.3) is 10.8 Å². The van der Waals surface area contributed by atoms with Crippen molar-refractivity contribution in [2.45, 2.75) is 25.5 Å². The van der Waals surface area contributed by atoms with Gasteiger partial charge in [0.1, 0.15) is 0 Å². The molecule has 3 atom stereocenters. The van der Waals surface area contributed by atoms with Crippen molar-refractivity contribution in [2.24, 2.45) is 11.7 Å². The van der Waals surface area contributed by atoms with E-state index in [2.05, 4.69) is 0 Å². The minimum atomic E-state index is -3.65. The molecule has 2 aromatic carbocycles. The van der Waals surface area contributed by atoms with Gasteiger partial charge in [-0.05, 0) is 36.1 Å². The molecule has 6 heteroatoms. The first-order chi connectivity index (χ1) is 10.8. The number of aliphatic carboxylic acids is 1. The highest BCUT2D eigenvalue weighted by atomic mass is 31.2. The quantitative estimate of drug-likeness (QED) is 0.675. The molecular formula is C17H22NO4P. The second-order valence-electron chi connectivity index (χ2n) is 5.89. The number of rotatable bonds is 7. The molecule has 0 saturated carbocycles. The van der Waals surface area contributed by atoms with Gasteiger partial charge in [-0.3, -0.25) is 9.36 Å². The zero-order chi connectivity index (χ0) is 17.0. The third-order valence-corrected chi connectivity index (χ3v) is 6.35. The van der Waals surface area contributed by atoms with Crippen LogP contribution >= 0.6 is 7.37 Å². The van der Waals surface area contributed by atoms with Crippen LogP contribution in [0.3, 0.4) is 0 Å². The average Bonchev–Trinajstić information content (AvgIpc) is 2.51. The smallest absolute Gasteiger partial charge is 0.307 e. The minimum absolute atomic E-state index is 0.287. The topological polar surface area (TPSA) is 101 Å². The number of carboxylic acid groups (broad SMARTS) is 1. The highest BCUT2D eigenvalue weighted by molar-refractivity contribution is 7.58. The summed E-state index contributed by atoms with van der Waals surface area (Å²) in [6.45, 7) is 1.43. The molecule has 3 unspecified atom stereocenters. The fourth-order valence-corrected chi connectivity index (χ4v) is 3.92. The summed E-state index contributed by atoms with van der Waals surface area (Å²) in [5.41, 5.74) is 6.54. The van der Waals surface area contributed by atoms with Crippen molar-refractivity contribution in [2.75, 3.05) is 6.16 Å². The van der Waals surface area contributed by atoms with E-state index in [9.17, 15) is 19.4 Å². The lowest BCUT2D eigenvalue weighted by molar-refractivity contribution is -0.141. The van der Waals surface area contributed by atoms with Crippen molar-refractivity contribution in [3.63, 3.8) is 0 Å². The molecule has 2 aromatic rings. The Morgan fingerprint density at radius 3 is 2.52 bits per heavy atom. The van der Waals surface area contributed by atoms with E-state index in [-0.39, 0.29) is 6.16 Å². The van der Waals surface area contributed by atoms with Crippen LogP contribution in [0.1, 0.15) is 18.9 Å². The van der Waals surface area contributed by atoms with Crippen LogP contribution in [0.5, 0.6) is 0 Å². The summed E-state index contributed by atoms with van der Waals surface area (Å²) in [6.07, 6.45) is 0.558. The Hall–Kier alpha value is -1.68. The molecule has 0 saturated heterocycles. The molecule has 5 nitrogen and oxygen atoms in total. The maximum atomic E-state index is 12.0. The number of hydrogen-bond acceptors (Lipinski definition) is 3. The first-order valence-electron chi connectivity index (χ1n) is 7.58. The first kappa shape index (κ1) is 17.7. The van der Waals surface area contributed by atoms with Crippen LogP contribution < -0.4 is 5.73 Å². The third kappa shape index (κ3) is 4.41. The highest BCUT2D eigenvalue weighted by Gasteiger charge is 2.31. The van der Waals surface area contributed by atoms with Gasteiger partial charge in [0, 0.05) is 6.16 Å². The fourth-order valence-electron chi connectivity index (χ4n) is 2.62. The number of fused-ring (bicyclic) bond motifs is 1. The number of hydrogen-bond donors (Lipinski definition) is 3. The maximum Gasteiger partial charge on any atom is 0.307 e. The van der Waals surface area contributed by atoms with Gasteiger partial charge >= 0.3 is 5.97 Å². The van der Waals surface area contributed by atoms with Crippen molar-refractivity contribution in [1.29, 1.82) is 0 Å². The molecular weight excluding hydrogens is 313 g/mol. The number of nitrogens with two attached hydrogens (primary N) is 1. The second kappa shape index (κ2) is 7.26. The summed E-state index contributed by atoms with van der Waals surface area (Å²) in [6, 6.07) is 13.8. The van der Waals surface area contributed by atoms with Gasteiger partial charge in [0.25, 0.3) is 0 Å². The van der Waals surface area contributed by atoms with Crippen LogP contribution in [0.4, 0.5) is 0 Å². The maximum absolute atomic E-state index is 12.0. The van der Waals surface area contributed by atoms with Crippen LogP contribution in [0, 0.1) is 5.92 Å². The molecule has 23 heavy (non-hydrogen) atoms. The van der Waals surface area contributed by atoms with Crippen molar-refractivity contribution in [3.8, 4) is 0 Å². The largest absolute Gasteiger partial charge is 0.481 e. The second-order valence-corrected chi connectivity index (χ2v) is 8.58. The SMILES string of the molecule is CC(N)P(=O)(O)CC(CCc1cccc2ccccc12)C(=O)O. The number of carboxylic acids is 1. The Morgan fingerprint density at radius 2 is 1.87 bits per heavy atom. The Labute approximate surface area is 135 Å². The van der Waals surface area contributed by atoms with E-state index >= 15 is 0 Å². The molecule has 0 aliphatic rings. The van der Waals surface area contributed by atoms with Gasteiger partial charge in [0.2, 0.25) is 7.37 Å². The Bertz CT molecular complexity index is 739. The predicted molar refractivity (Wildman–Crippen MR) is 91.7 cm³/mol. The van der Waals surface area contributed by atoms with Gasteiger partial charge < -0.3 is 15.7 Å². The average molecular weight is 335 g/mol. The fraction of sp³-hybridized carbons (Fsp3) is 0.353. The molecule has 0 amide bonds. The molecule has 0 aliphatic heterocycles. The Balaban J connectivity index is 2.15. The van der Waals surface area contributed by atoms with E-state index in [4.69, 9.17) is 5.73 Å². The van der Waals surface area contributed by atoms with Crippen LogP contribution in [-0.2, 0) is 15.8 Å². The molecule has 0 spiro atoms. The lowest BCUT2D eigenvalue weighted by atomic mass is 9.97.